The molecule has 0 unspecified atom stereocenters. The second-order valence-electron chi connectivity index (χ2n) is 6.61. The highest BCUT2D eigenvalue weighted by atomic mass is 16.3. The van der Waals surface area contributed by atoms with Crippen LogP contribution in [0.25, 0.3) is 11.0 Å². The van der Waals surface area contributed by atoms with Gasteiger partial charge in [-0.25, -0.2) is 4.98 Å². The molecule has 0 radical (unpaired) electrons. The maximum atomic E-state index is 11.9. The van der Waals surface area contributed by atoms with E-state index in [-0.39, 0.29) is 11.7 Å². The molecule has 2 aromatic heterocycles. The van der Waals surface area contributed by atoms with Crippen molar-refractivity contribution in [2.24, 2.45) is 5.92 Å². The molecule has 1 atom stereocenters. The Bertz CT molecular complexity index is 869. The molecule has 1 fully saturated rings. The van der Waals surface area contributed by atoms with Crippen LogP contribution in [0.4, 0.5) is 0 Å². The summed E-state index contributed by atoms with van der Waals surface area (Å²) >= 11 is 0. The number of oxazole rings is 1. The van der Waals surface area contributed by atoms with Gasteiger partial charge in [0, 0.05) is 18.5 Å². The molecule has 1 aliphatic rings. The third-order valence-corrected chi connectivity index (χ3v) is 4.89. The van der Waals surface area contributed by atoms with E-state index in [1.54, 1.807) is 0 Å². The highest BCUT2D eigenvalue weighted by Crippen LogP contribution is 2.27. The maximum Gasteiger partial charge on any atom is 0.288 e. The smallest absolute Gasteiger partial charge is 0.288 e. The summed E-state index contributed by atoms with van der Waals surface area (Å²) in [6.45, 7) is 5.54. The summed E-state index contributed by atoms with van der Waals surface area (Å²) in [5.41, 5.74) is 2.17. The molecule has 0 spiro atoms. The maximum absolute atomic E-state index is 11.9. The standard InChI is InChI=1S/C19H21N3O3/c1-13-15-4-2-3-5-16(15)25-18(13)11-22-7-6-14(10-22)8-21-19(23)17-9-20-12-24-17/h2-5,9,12,14H,6-8,10-11H2,1H3,(H,21,23)/t14-/m1/s1. The summed E-state index contributed by atoms with van der Waals surface area (Å²) in [4.78, 5) is 18.1. The van der Waals surface area contributed by atoms with E-state index >= 15 is 0 Å². The summed E-state index contributed by atoms with van der Waals surface area (Å²) in [6.07, 6.45) is 3.76. The zero-order valence-corrected chi connectivity index (χ0v) is 14.2. The number of nitrogens with one attached hydrogen (secondary N) is 1. The summed E-state index contributed by atoms with van der Waals surface area (Å²) in [5.74, 6) is 1.53. The predicted molar refractivity (Wildman–Crippen MR) is 93.2 cm³/mol. The number of aromatic nitrogens is 1. The van der Waals surface area contributed by atoms with Crippen LogP contribution in [0.3, 0.4) is 0 Å². The third-order valence-electron chi connectivity index (χ3n) is 4.89. The van der Waals surface area contributed by atoms with E-state index in [1.807, 2.05) is 18.2 Å². The molecule has 25 heavy (non-hydrogen) atoms. The average Bonchev–Trinajstić information content (AvgIpc) is 3.35. The Labute approximate surface area is 145 Å². The van der Waals surface area contributed by atoms with Gasteiger partial charge in [-0.05, 0) is 37.4 Å². The van der Waals surface area contributed by atoms with Gasteiger partial charge in [0.2, 0.25) is 5.76 Å². The minimum atomic E-state index is -0.205. The minimum absolute atomic E-state index is 0.205. The van der Waals surface area contributed by atoms with Gasteiger partial charge in [0.15, 0.2) is 6.39 Å². The van der Waals surface area contributed by atoms with E-state index in [1.165, 1.54) is 23.5 Å². The second kappa shape index (κ2) is 6.72. The Balaban J connectivity index is 1.33. The zero-order chi connectivity index (χ0) is 17.2. The molecule has 0 saturated carbocycles. The SMILES string of the molecule is Cc1c(CN2CC[C@H](CNC(=O)c3cnco3)C2)oc2ccccc12. The lowest BCUT2D eigenvalue weighted by Gasteiger charge is -2.15. The van der Waals surface area contributed by atoms with Crippen molar-refractivity contribution < 1.29 is 13.6 Å². The Morgan fingerprint density at radius 3 is 3.08 bits per heavy atom. The van der Waals surface area contributed by atoms with Crippen molar-refractivity contribution >= 4 is 16.9 Å². The summed E-state index contributed by atoms with van der Waals surface area (Å²) in [6, 6.07) is 8.15. The van der Waals surface area contributed by atoms with Gasteiger partial charge in [0.05, 0.1) is 12.7 Å². The lowest BCUT2D eigenvalue weighted by Crippen LogP contribution is -2.30. The van der Waals surface area contributed by atoms with E-state index in [9.17, 15) is 4.79 Å². The van der Waals surface area contributed by atoms with Crippen LogP contribution in [-0.4, -0.2) is 35.4 Å². The van der Waals surface area contributed by atoms with E-state index in [2.05, 4.69) is 28.2 Å². The predicted octanol–water partition coefficient (Wildman–Crippen LogP) is 2.98. The molecular formula is C19H21N3O3. The molecule has 6 heteroatoms. The first-order valence-corrected chi connectivity index (χ1v) is 8.57. The Kier molecular flexibility index (Phi) is 4.28. The summed E-state index contributed by atoms with van der Waals surface area (Å²) in [5, 5.41) is 4.11. The number of hydrogen-bond donors (Lipinski definition) is 1. The fourth-order valence-corrected chi connectivity index (χ4v) is 3.45. The molecule has 1 aliphatic heterocycles. The van der Waals surface area contributed by atoms with Crippen LogP contribution in [0.5, 0.6) is 0 Å². The molecule has 3 aromatic rings. The number of benzene rings is 1. The molecule has 0 aliphatic carbocycles. The topological polar surface area (TPSA) is 71.5 Å². The molecule has 130 valence electrons. The normalized spacial score (nSPS) is 18.0. The van der Waals surface area contributed by atoms with Crippen LogP contribution < -0.4 is 5.32 Å². The van der Waals surface area contributed by atoms with Gasteiger partial charge in [-0.3, -0.25) is 9.69 Å². The summed E-state index contributed by atoms with van der Waals surface area (Å²) < 4.78 is 11.0. The molecule has 1 aromatic carbocycles. The molecule has 1 amide bonds. The van der Waals surface area contributed by atoms with Crippen LogP contribution in [0.1, 0.15) is 28.3 Å². The Hall–Kier alpha value is -2.60. The first kappa shape index (κ1) is 15.9. The molecule has 1 N–H and O–H groups in total. The highest BCUT2D eigenvalue weighted by Gasteiger charge is 2.25. The van der Waals surface area contributed by atoms with Crippen molar-refractivity contribution in [2.45, 2.75) is 19.9 Å². The third kappa shape index (κ3) is 3.30. The monoisotopic (exact) mass is 339 g/mol. The molecule has 1 saturated heterocycles. The number of aryl methyl sites for hydroxylation is 1. The van der Waals surface area contributed by atoms with Crippen LogP contribution in [0.2, 0.25) is 0 Å². The molecule has 0 bridgehead atoms. The van der Waals surface area contributed by atoms with Crippen molar-refractivity contribution in [3.63, 3.8) is 0 Å². The van der Waals surface area contributed by atoms with Crippen molar-refractivity contribution in [3.8, 4) is 0 Å². The van der Waals surface area contributed by atoms with Gasteiger partial charge in [-0.15, -0.1) is 0 Å². The van der Waals surface area contributed by atoms with Crippen LogP contribution in [0, 0.1) is 12.8 Å². The number of carbonyl (C=O) groups is 1. The zero-order valence-electron chi connectivity index (χ0n) is 14.2. The van der Waals surface area contributed by atoms with Crippen molar-refractivity contribution in [1.29, 1.82) is 0 Å². The van der Waals surface area contributed by atoms with Gasteiger partial charge in [-0.2, -0.15) is 0 Å². The van der Waals surface area contributed by atoms with Gasteiger partial charge >= 0.3 is 0 Å². The number of amides is 1. The average molecular weight is 339 g/mol. The van der Waals surface area contributed by atoms with Crippen LogP contribution in [0.15, 0.2) is 45.7 Å². The Morgan fingerprint density at radius 1 is 1.40 bits per heavy atom. The quantitative estimate of drug-likeness (QED) is 0.774. The van der Waals surface area contributed by atoms with E-state index in [0.29, 0.717) is 12.5 Å². The van der Waals surface area contributed by atoms with E-state index < -0.39 is 0 Å². The molecule has 3 heterocycles. The largest absolute Gasteiger partial charge is 0.459 e. The number of carbonyl (C=O) groups excluding carboxylic acids is 1. The van der Waals surface area contributed by atoms with Gasteiger partial charge in [0.25, 0.3) is 5.91 Å². The lowest BCUT2D eigenvalue weighted by atomic mass is 10.1. The Morgan fingerprint density at radius 2 is 2.28 bits per heavy atom. The number of fused-ring (bicyclic) bond motifs is 1. The van der Waals surface area contributed by atoms with Crippen molar-refractivity contribution in [1.82, 2.24) is 15.2 Å². The number of nitrogens with zero attached hydrogens (tertiary/aromatic N) is 2. The van der Waals surface area contributed by atoms with Gasteiger partial charge in [-0.1, -0.05) is 18.2 Å². The van der Waals surface area contributed by atoms with Crippen LogP contribution in [-0.2, 0) is 6.54 Å². The summed E-state index contributed by atoms with van der Waals surface area (Å²) in [7, 11) is 0. The number of hydrogen-bond acceptors (Lipinski definition) is 5. The van der Waals surface area contributed by atoms with E-state index in [4.69, 9.17) is 8.83 Å². The fraction of sp³-hybridized carbons (Fsp3) is 0.368. The number of rotatable bonds is 5. The van der Waals surface area contributed by atoms with Crippen LogP contribution >= 0.6 is 0 Å². The fourth-order valence-electron chi connectivity index (χ4n) is 3.45. The van der Waals surface area contributed by atoms with Crippen molar-refractivity contribution in [3.05, 3.63) is 53.9 Å². The second-order valence-corrected chi connectivity index (χ2v) is 6.61. The first-order valence-electron chi connectivity index (χ1n) is 8.57. The highest BCUT2D eigenvalue weighted by molar-refractivity contribution is 5.90. The number of likely N-dealkylation sites (tertiary alicyclic amines) is 1. The van der Waals surface area contributed by atoms with Gasteiger partial charge < -0.3 is 14.2 Å². The molecule has 6 nitrogen and oxygen atoms in total. The lowest BCUT2D eigenvalue weighted by molar-refractivity contribution is 0.0919. The number of para-hydroxylation sites is 1. The number of furan rings is 1. The first-order chi connectivity index (χ1) is 12.2. The van der Waals surface area contributed by atoms with E-state index in [0.717, 1.165) is 37.4 Å². The minimum Gasteiger partial charge on any atom is -0.459 e. The van der Waals surface area contributed by atoms with Gasteiger partial charge in [0.1, 0.15) is 11.3 Å². The van der Waals surface area contributed by atoms with Crippen molar-refractivity contribution in [2.75, 3.05) is 19.6 Å². The molecule has 4 rings (SSSR count). The molecular weight excluding hydrogens is 318 g/mol.